The van der Waals surface area contributed by atoms with Crippen LogP contribution in [0.4, 0.5) is 5.69 Å². The Balaban J connectivity index is 2.23. The van der Waals surface area contributed by atoms with Crippen LogP contribution in [0, 0.1) is 12.8 Å². The first-order chi connectivity index (χ1) is 14.3. The van der Waals surface area contributed by atoms with Crippen molar-refractivity contribution in [1.29, 1.82) is 0 Å². The zero-order chi connectivity index (χ0) is 22.3. The van der Waals surface area contributed by atoms with Gasteiger partial charge in [0.25, 0.3) is 5.91 Å². The lowest BCUT2D eigenvalue weighted by molar-refractivity contribution is -0.118. The van der Waals surface area contributed by atoms with Gasteiger partial charge in [-0.1, -0.05) is 26.0 Å². The third kappa shape index (κ3) is 5.43. The molecule has 2 rings (SSSR count). The van der Waals surface area contributed by atoms with Crippen molar-refractivity contribution in [1.82, 2.24) is 5.32 Å². The highest BCUT2D eigenvalue weighted by molar-refractivity contribution is 6.02. The molecule has 0 aliphatic rings. The molecule has 2 aromatic carbocycles. The maximum atomic E-state index is 13.0. The summed E-state index contributed by atoms with van der Waals surface area (Å²) < 4.78 is 16.1. The second-order valence-electron chi connectivity index (χ2n) is 7.14. The summed E-state index contributed by atoms with van der Waals surface area (Å²) in [6, 6.07) is 9.72. The zero-order valence-electron chi connectivity index (χ0n) is 18.4. The number of rotatable bonds is 9. The SMILES string of the molecule is CCOc1ccccc1C(=O)NC(C(=O)Nc1cc(OC)c(OC)cc1C)C(C)C. The Kier molecular flexibility index (Phi) is 8.09. The molecule has 7 nitrogen and oxygen atoms in total. The van der Waals surface area contributed by atoms with Crippen molar-refractivity contribution in [2.24, 2.45) is 5.92 Å². The predicted octanol–water partition coefficient (Wildman–Crippen LogP) is 3.80. The Hall–Kier alpha value is -3.22. The number of methoxy groups -OCH3 is 2. The molecule has 30 heavy (non-hydrogen) atoms. The molecule has 2 amide bonds. The summed E-state index contributed by atoms with van der Waals surface area (Å²) in [5, 5.41) is 5.73. The summed E-state index contributed by atoms with van der Waals surface area (Å²) in [6.07, 6.45) is 0. The summed E-state index contributed by atoms with van der Waals surface area (Å²) in [5.74, 6) is 0.757. The van der Waals surface area contributed by atoms with E-state index in [1.807, 2.05) is 27.7 Å². The Bertz CT molecular complexity index is 895. The molecule has 2 aromatic rings. The monoisotopic (exact) mass is 414 g/mol. The number of benzene rings is 2. The number of carbonyl (C=O) groups is 2. The minimum atomic E-state index is -0.736. The van der Waals surface area contributed by atoms with Crippen LogP contribution in [0.2, 0.25) is 0 Å². The van der Waals surface area contributed by atoms with Gasteiger partial charge in [-0.25, -0.2) is 0 Å². The lowest BCUT2D eigenvalue weighted by atomic mass is 10.0. The Morgan fingerprint density at radius 2 is 1.63 bits per heavy atom. The first kappa shape index (κ1) is 23.1. The summed E-state index contributed by atoms with van der Waals surface area (Å²) in [5.41, 5.74) is 1.80. The van der Waals surface area contributed by atoms with Crippen LogP contribution in [-0.4, -0.2) is 38.7 Å². The molecule has 0 spiro atoms. The van der Waals surface area contributed by atoms with E-state index in [4.69, 9.17) is 14.2 Å². The summed E-state index contributed by atoms with van der Waals surface area (Å²) >= 11 is 0. The molecule has 162 valence electrons. The summed E-state index contributed by atoms with van der Waals surface area (Å²) in [4.78, 5) is 25.9. The maximum Gasteiger partial charge on any atom is 0.255 e. The first-order valence-corrected chi connectivity index (χ1v) is 9.88. The lowest BCUT2D eigenvalue weighted by Gasteiger charge is -2.23. The van der Waals surface area contributed by atoms with Crippen molar-refractivity contribution in [3.8, 4) is 17.2 Å². The number of ether oxygens (including phenoxy) is 3. The molecule has 1 unspecified atom stereocenters. The van der Waals surface area contributed by atoms with Crippen molar-refractivity contribution in [3.63, 3.8) is 0 Å². The molecule has 0 heterocycles. The van der Waals surface area contributed by atoms with E-state index in [1.54, 1.807) is 43.5 Å². The van der Waals surface area contributed by atoms with Crippen LogP contribution in [0.15, 0.2) is 36.4 Å². The van der Waals surface area contributed by atoms with Crippen molar-refractivity contribution in [2.45, 2.75) is 33.7 Å². The number of hydrogen-bond acceptors (Lipinski definition) is 5. The number of hydrogen-bond donors (Lipinski definition) is 2. The average Bonchev–Trinajstić information content (AvgIpc) is 2.73. The largest absolute Gasteiger partial charge is 0.493 e. The third-order valence-corrected chi connectivity index (χ3v) is 4.66. The number of anilines is 1. The fourth-order valence-corrected chi connectivity index (χ4v) is 3.02. The molecule has 0 saturated carbocycles. The smallest absolute Gasteiger partial charge is 0.255 e. The van der Waals surface area contributed by atoms with E-state index in [-0.39, 0.29) is 17.7 Å². The first-order valence-electron chi connectivity index (χ1n) is 9.88. The molecule has 0 aliphatic heterocycles. The number of nitrogens with one attached hydrogen (secondary N) is 2. The Labute approximate surface area is 177 Å². The van der Waals surface area contributed by atoms with Crippen LogP contribution < -0.4 is 24.8 Å². The van der Waals surface area contributed by atoms with Gasteiger partial charge >= 0.3 is 0 Å². The molecule has 1 atom stereocenters. The van der Waals surface area contributed by atoms with Gasteiger partial charge in [0, 0.05) is 11.8 Å². The second-order valence-corrected chi connectivity index (χ2v) is 7.14. The van der Waals surface area contributed by atoms with Crippen LogP contribution in [0.1, 0.15) is 36.7 Å². The molecule has 0 fully saturated rings. The third-order valence-electron chi connectivity index (χ3n) is 4.66. The van der Waals surface area contributed by atoms with Gasteiger partial charge in [0.15, 0.2) is 11.5 Å². The van der Waals surface area contributed by atoms with E-state index in [2.05, 4.69) is 10.6 Å². The van der Waals surface area contributed by atoms with Crippen LogP contribution >= 0.6 is 0 Å². The lowest BCUT2D eigenvalue weighted by Crippen LogP contribution is -2.47. The van der Waals surface area contributed by atoms with Gasteiger partial charge in [-0.3, -0.25) is 9.59 Å². The van der Waals surface area contributed by atoms with Crippen molar-refractivity contribution >= 4 is 17.5 Å². The maximum absolute atomic E-state index is 13.0. The summed E-state index contributed by atoms with van der Waals surface area (Å²) in [6.45, 7) is 7.90. The molecule has 0 bridgehead atoms. The average molecular weight is 415 g/mol. The highest BCUT2D eigenvalue weighted by Gasteiger charge is 2.26. The van der Waals surface area contributed by atoms with Crippen LogP contribution in [0.3, 0.4) is 0 Å². The fraction of sp³-hybridized carbons (Fsp3) is 0.391. The normalized spacial score (nSPS) is 11.6. The van der Waals surface area contributed by atoms with Gasteiger partial charge < -0.3 is 24.8 Å². The number of amides is 2. The van der Waals surface area contributed by atoms with Crippen molar-refractivity contribution < 1.29 is 23.8 Å². The van der Waals surface area contributed by atoms with Gasteiger partial charge in [0.1, 0.15) is 11.8 Å². The minimum absolute atomic E-state index is 0.131. The van der Waals surface area contributed by atoms with Crippen LogP contribution in [-0.2, 0) is 4.79 Å². The fourth-order valence-electron chi connectivity index (χ4n) is 3.02. The molecular weight excluding hydrogens is 384 g/mol. The predicted molar refractivity (Wildman–Crippen MR) is 117 cm³/mol. The molecular formula is C23H30N2O5. The van der Waals surface area contributed by atoms with E-state index < -0.39 is 6.04 Å². The Morgan fingerprint density at radius 3 is 2.23 bits per heavy atom. The minimum Gasteiger partial charge on any atom is -0.493 e. The van der Waals surface area contributed by atoms with E-state index in [1.165, 1.54) is 7.11 Å². The second kappa shape index (κ2) is 10.5. The highest BCUT2D eigenvalue weighted by Crippen LogP contribution is 2.33. The van der Waals surface area contributed by atoms with Crippen molar-refractivity contribution in [2.75, 3.05) is 26.1 Å². The molecule has 2 N–H and O–H groups in total. The number of aryl methyl sites for hydroxylation is 1. The van der Waals surface area contributed by atoms with E-state index in [9.17, 15) is 9.59 Å². The number of carbonyl (C=O) groups excluding carboxylic acids is 2. The number of para-hydroxylation sites is 1. The quantitative estimate of drug-likeness (QED) is 0.652. The summed E-state index contributed by atoms with van der Waals surface area (Å²) in [7, 11) is 3.09. The van der Waals surface area contributed by atoms with Gasteiger partial charge in [-0.2, -0.15) is 0 Å². The Morgan fingerprint density at radius 1 is 1.00 bits per heavy atom. The van der Waals surface area contributed by atoms with Gasteiger partial charge in [-0.15, -0.1) is 0 Å². The van der Waals surface area contributed by atoms with Gasteiger partial charge in [0.05, 0.1) is 26.4 Å². The van der Waals surface area contributed by atoms with E-state index in [0.29, 0.717) is 35.1 Å². The van der Waals surface area contributed by atoms with E-state index in [0.717, 1.165) is 5.56 Å². The van der Waals surface area contributed by atoms with Crippen LogP contribution in [0.25, 0.3) is 0 Å². The van der Waals surface area contributed by atoms with Crippen molar-refractivity contribution in [3.05, 3.63) is 47.5 Å². The topological polar surface area (TPSA) is 85.9 Å². The van der Waals surface area contributed by atoms with Crippen LogP contribution in [0.5, 0.6) is 17.2 Å². The molecule has 7 heteroatoms. The highest BCUT2D eigenvalue weighted by atomic mass is 16.5. The zero-order valence-corrected chi connectivity index (χ0v) is 18.4. The van der Waals surface area contributed by atoms with Gasteiger partial charge in [0.2, 0.25) is 5.91 Å². The molecule has 0 saturated heterocycles. The molecule has 0 radical (unpaired) electrons. The van der Waals surface area contributed by atoms with Gasteiger partial charge in [-0.05, 0) is 43.5 Å². The molecule has 0 aromatic heterocycles. The van der Waals surface area contributed by atoms with E-state index >= 15 is 0 Å². The standard InChI is InChI=1S/C23H30N2O5/c1-7-30-18-11-9-8-10-16(18)22(26)25-21(14(2)3)23(27)24-17-13-20(29-6)19(28-5)12-15(17)4/h8-14,21H,7H2,1-6H3,(H,24,27)(H,25,26). The molecule has 0 aliphatic carbocycles.